The molecule has 0 bridgehead atoms. The van der Waals surface area contributed by atoms with E-state index in [1.54, 1.807) is 30.5 Å². The van der Waals surface area contributed by atoms with Crippen LogP contribution in [0.25, 0.3) is 0 Å². The molecule has 0 spiro atoms. The van der Waals surface area contributed by atoms with Crippen LogP contribution in [0.2, 0.25) is 0 Å². The molecule has 0 atom stereocenters. The van der Waals surface area contributed by atoms with E-state index in [9.17, 15) is 18.0 Å². The van der Waals surface area contributed by atoms with Crippen molar-refractivity contribution >= 4 is 21.8 Å². The molecule has 2 amide bonds. The Balaban J connectivity index is 1.35. The second-order valence-corrected chi connectivity index (χ2v) is 9.39. The van der Waals surface area contributed by atoms with Crippen molar-refractivity contribution in [2.24, 2.45) is 0 Å². The number of carbonyl (C=O) groups excluding carboxylic acids is 2. The third-order valence-corrected chi connectivity index (χ3v) is 6.69. The number of benzene rings is 1. The Morgan fingerprint density at radius 2 is 1.55 bits per heavy atom. The minimum absolute atomic E-state index is 0.0292. The lowest BCUT2D eigenvalue weighted by Gasteiger charge is -2.13. The number of fused-ring (bicyclic) bond motifs is 1. The van der Waals surface area contributed by atoms with E-state index >= 15 is 0 Å². The molecule has 9 heteroatoms. The van der Waals surface area contributed by atoms with Crippen LogP contribution in [0.1, 0.15) is 58.5 Å². The van der Waals surface area contributed by atoms with Gasteiger partial charge in [-0.05, 0) is 31.4 Å². The van der Waals surface area contributed by atoms with E-state index in [2.05, 4.69) is 9.97 Å². The number of sulfonamides is 1. The summed E-state index contributed by atoms with van der Waals surface area (Å²) in [7, 11) is -0.585. The summed E-state index contributed by atoms with van der Waals surface area (Å²) < 4.78 is 25.1. The Bertz CT molecular complexity index is 962. The van der Waals surface area contributed by atoms with E-state index in [0.29, 0.717) is 17.7 Å². The minimum atomic E-state index is -3.53. The summed E-state index contributed by atoms with van der Waals surface area (Å²) >= 11 is 0. The van der Waals surface area contributed by atoms with Gasteiger partial charge < -0.3 is 4.98 Å². The smallest absolute Gasteiger partial charge is 0.276 e. The van der Waals surface area contributed by atoms with Crippen molar-refractivity contribution in [2.45, 2.75) is 43.7 Å². The first kappa shape index (κ1) is 21.2. The molecule has 156 valence electrons. The van der Waals surface area contributed by atoms with Crippen molar-refractivity contribution in [3.05, 3.63) is 47.3 Å². The molecule has 8 nitrogen and oxygen atoms in total. The number of rotatable bonds is 10. The molecular weight excluding hydrogens is 392 g/mol. The summed E-state index contributed by atoms with van der Waals surface area (Å²) in [6.07, 6.45) is 6.89. The maximum atomic E-state index is 12.3. The maximum absolute atomic E-state index is 12.3. The highest BCUT2D eigenvalue weighted by molar-refractivity contribution is 7.88. The minimum Gasteiger partial charge on any atom is -0.332 e. The second kappa shape index (κ2) is 8.87. The van der Waals surface area contributed by atoms with Gasteiger partial charge in [-0.15, -0.1) is 0 Å². The highest BCUT2D eigenvalue weighted by atomic mass is 32.2. The normalized spacial score (nSPS) is 14.1. The summed E-state index contributed by atoms with van der Waals surface area (Å²) in [6.45, 7) is 0.443. The number of nitrogens with zero attached hydrogens (tertiary/aromatic N) is 3. The zero-order valence-electron chi connectivity index (χ0n) is 16.7. The molecule has 0 radical (unpaired) electrons. The summed E-state index contributed by atoms with van der Waals surface area (Å²) in [4.78, 5) is 32.8. The number of nitrogens with one attached hydrogen (secondary N) is 1. The number of aromatic amines is 1. The first-order chi connectivity index (χ1) is 13.8. The van der Waals surface area contributed by atoms with Gasteiger partial charge in [-0.25, -0.2) is 17.7 Å². The molecule has 29 heavy (non-hydrogen) atoms. The molecule has 1 aliphatic rings. The van der Waals surface area contributed by atoms with Gasteiger partial charge >= 0.3 is 0 Å². The average molecular weight is 419 g/mol. The van der Waals surface area contributed by atoms with Crippen molar-refractivity contribution in [3.8, 4) is 0 Å². The molecule has 1 aromatic carbocycles. The van der Waals surface area contributed by atoms with Crippen molar-refractivity contribution < 1.29 is 18.0 Å². The molecule has 3 rings (SSSR count). The SMILES string of the molecule is CN(C)S(=O)(=O)c1ncc(CCCCCCCN2C(=O)c3ccccc3C2=O)[nH]1. The van der Waals surface area contributed by atoms with Gasteiger partial charge in [0.25, 0.3) is 21.8 Å². The number of H-pyrrole nitrogens is 1. The first-order valence-electron chi connectivity index (χ1n) is 9.74. The lowest BCUT2D eigenvalue weighted by Crippen LogP contribution is -2.30. The van der Waals surface area contributed by atoms with E-state index in [4.69, 9.17) is 0 Å². The summed E-state index contributed by atoms with van der Waals surface area (Å²) in [5.74, 6) is -0.401. The lowest BCUT2D eigenvalue weighted by atomic mass is 10.1. The highest BCUT2D eigenvalue weighted by Gasteiger charge is 2.34. The van der Waals surface area contributed by atoms with Gasteiger partial charge in [-0.3, -0.25) is 14.5 Å². The van der Waals surface area contributed by atoms with E-state index in [-0.39, 0.29) is 17.0 Å². The topological polar surface area (TPSA) is 103 Å². The fraction of sp³-hybridized carbons (Fsp3) is 0.450. The number of amides is 2. The Morgan fingerprint density at radius 3 is 2.17 bits per heavy atom. The largest absolute Gasteiger partial charge is 0.332 e. The van der Waals surface area contributed by atoms with Gasteiger partial charge in [-0.1, -0.05) is 31.4 Å². The lowest BCUT2D eigenvalue weighted by molar-refractivity contribution is 0.0651. The zero-order chi connectivity index (χ0) is 21.0. The van der Waals surface area contributed by atoms with Crippen LogP contribution in [0.5, 0.6) is 0 Å². The third kappa shape index (κ3) is 4.56. The van der Waals surface area contributed by atoms with Crippen LogP contribution in [-0.2, 0) is 16.4 Å². The molecule has 1 aliphatic heterocycles. The van der Waals surface area contributed by atoms with Crippen LogP contribution in [-0.4, -0.2) is 60.0 Å². The average Bonchev–Trinajstić information content (AvgIpc) is 3.27. The predicted molar refractivity (Wildman–Crippen MR) is 108 cm³/mol. The number of carbonyl (C=O) groups is 2. The zero-order valence-corrected chi connectivity index (χ0v) is 17.5. The summed E-state index contributed by atoms with van der Waals surface area (Å²) in [5.41, 5.74) is 1.79. The van der Waals surface area contributed by atoms with Crippen LogP contribution in [0, 0.1) is 0 Å². The molecule has 0 aliphatic carbocycles. The van der Waals surface area contributed by atoms with Crippen molar-refractivity contribution in [2.75, 3.05) is 20.6 Å². The highest BCUT2D eigenvalue weighted by Crippen LogP contribution is 2.23. The molecule has 0 saturated heterocycles. The van der Waals surface area contributed by atoms with Gasteiger partial charge in [0.15, 0.2) is 0 Å². The van der Waals surface area contributed by atoms with E-state index < -0.39 is 10.0 Å². The van der Waals surface area contributed by atoms with Gasteiger partial charge in [0.2, 0.25) is 5.16 Å². The molecule has 2 heterocycles. The Labute approximate surface area is 171 Å². The quantitative estimate of drug-likeness (QED) is 0.471. The summed E-state index contributed by atoms with van der Waals surface area (Å²) in [6, 6.07) is 6.93. The number of imidazole rings is 1. The van der Waals surface area contributed by atoms with Gasteiger partial charge in [0.1, 0.15) is 0 Å². The number of aryl methyl sites for hydroxylation is 1. The fourth-order valence-corrected chi connectivity index (χ4v) is 4.12. The van der Waals surface area contributed by atoms with Crippen LogP contribution in [0.4, 0.5) is 0 Å². The Morgan fingerprint density at radius 1 is 0.966 bits per heavy atom. The number of imide groups is 1. The Hall–Kier alpha value is -2.52. The second-order valence-electron chi connectivity index (χ2n) is 7.33. The Kier molecular flexibility index (Phi) is 6.49. The molecule has 0 saturated carbocycles. The molecular formula is C20H26N4O4S. The molecule has 2 aromatic rings. The van der Waals surface area contributed by atoms with Gasteiger partial charge in [0.05, 0.1) is 11.1 Å². The van der Waals surface area contributed by atoms with Crippen LogP contribution in [0.3, 0.4) is 0 Å². The molecule has 1 N–H and O–H groups in total. The number of hydrogen-bond donors (Lipinski definition) is 1. The predicted octanol–water partition coefficient (Wildman–Crippen LogP) is 2.45. The number of hydrogen-bond acceptors (Lipinski definition) is 5. The first-order valence-corrected chi connectivity index (χ1v) is 11.2. The standard InChI is InChI=1S/C20H26N4O4S/c1-23(2)29(27,28)20-21-14-15(22-20)10-6-4-3-5-9-13-24-18(25)16-11-7-8-12-17(16)19(24)26/h7-8,11-12,14H,3-6,9-10,13H2,1-2H3,(H,21,22). The third-order valence-electron chi connectivity index (χ3n) is 5.04. The van der Waals surface area contributed by atoms with Crippen LogP contribution >= 0.6 is 0 Å². The molecule has 0 fully saturated rings. The van der Waals surface area contributed by atoms with E-state index in [1.165, 1.54) is 19.0 Å². The number of unbranched alkanes of at least 4 members (excludes halogenated alkanes) is 4. The van der Waals surface area contributed by atoms with Crippen molar-refractivity contribution in [1.82, 2.24) is 19.2 Å². The van der Waals surface area contributed by atoms with E-state index in [1.807, 2.05) is 0 Å². The van der Waals surface area contributed by atoms with Crippen LogP contribution < -0.4 is 0 Å². The van der Waals surface area contributed by atoms with Gasteiger partial charge in [-0.2, -0.15) is 0 Å². The van der Waals surface area contributed by atoms with Crippen LogP contribution in [0.15, 0.2) is 35.6 Å². The van der Waals surface area contributed by atoms with E-state index in [0.717, 1.165) is 48.5 Å². The van der Waals surface area contributed by atoms with Gasteiger partial charge in [0, 0.05) is 32.5 Å². The maximum Gasteiger partial charge on any atom is 0.276 e. The fourth-order valence-electron chi connectivity index (χ4n) is 3.33. The summed E-state index contributed by atoms with van der Waals surface area (Å²) in [5, 5.41) is -0.0292. The van der Waals surface area contributed by atoms with Crippen molar-refractivity contribution in [3.63, 3.8) is 0 Å². The number of aromatic nitrogens is 2. The van der Waals surface area contributed by atoms with Crippen molar-refractivity contribution in [1.29, 1.82) is 0 Å². The monoisotopic (exact) mass is 418 g/mol. The molecule has 1 aromatic heterocycles. The molecule has 0 unspecified atom stereocenters.